The molecule has 0 bridgehead atoms. The molecule has 1 saturated carbocycles. The van der Waals surface area contributed by atoms with E-state index in [1.807, 2.05) is 0 Å². The number of hydrogen-bond donors (Lipinski definition) is 2. The highest BCUT2D eigenvalue weighted by atomic mass is 79.9. The maximum atomic E-state index is 12.0. The van der Waals surface area contributed by atoms with Crippen molar-refractivity contribution in [3.63, 3.8) is 0 Å². The van der Waals surface area contributed by atoms with Crippen LogP contribution in [0.4, 0.5) is 0 Å². The summed E-state index contributed by atoms with van der Waals surface area (Å²) in [5.74, 6) is -0.201. The lowest BCUT2D eigenvalue weighted by atomic mass is 9.85. The Hall–Kier alpha value is -0.580. The Bertz CT molecular complexity index is 473. The molecular weight excluding hydrogens is 330 g/mol. The number of amides is 1. The van der Waals surface area contributed by atoms with Crippen LogP contribution in [0.15, 0.2) is 22.7 Å². The van der Waals surface area contributed by atoms with Crippen LogP contribution < -0.4 is 5.32 Å². The summed E-state index contributed by atoms with van der Waals surface area (Å²) in [7, 11) is 0. The summed E-state index contributed by atoms with van der Waals surface area (Å²) in [5, 5.41) is 13.6. The predicted molar refractivity (Wildman–Crippen MR) is 79.5 cm³/mol. The molecule has 3 nitrogen and oxygen atoms in total. The van der Waals surface area contributed by atoms with Crippen LogP contribution in [-0.2, 0) is 0 Å². The van der Waals surface area contributed by atoms with Crippen LogP contribution in [0.5, 0.6) is 0 Å². The minimum atomic E-state index is -0.743. The molecule has 0 unspecified atom stereocenters. The van der Waals surface area contributed by atoms with Crippen molar-refractivity contribution in [3.8, 4) is 0 Å². The molecule has 19 heavy (non-hydrogen) atoms. The summed E-state index contributed by atoms with van der Waals surface area (Å²) in [6.45, 7) is 0.305. The zero-order valence-corrected chi connectivity index (χ0v) is 12.9. The standard InChI is InChI=1S/C14H17BrClNO2/c15-11-5-4-10(8-12(11)16)13(18)17-9-14(19)6-2-1-3-7-14/h4-5,8,19H,1-3,6-7,9H2,(H,17,18). The molecule has 1 aliphatic carbocycles. The molecule has 0 aliphatic heterocycles. The largest absolute Gasteiger partial charge is 0.388 e. The average Bonchev–Trinajstić information content (AvgIpc) is 2.40. The van der Waals surface area contributed by atoms with E-state index in [4.69, 9.17) is 11.6 Å². The van der Waals surface area contributed by atoms with Gasteiger partial charge in [0.2, 0.25) is 0 Å². The smallest absolute Gasteiger partial charge is 0.251 e. The van der Waals surface area contributed by atoms with Crippen LogP contribution in [0, 0.1) is 0 Å². The summed E-state index contributed by atoms with van der Waals surface area (Å²) in [5.41, 5.74) is -0.236. The molecule has 0 aromatic heterocycles. The molecule has 5 heteroatoms. The number of carbonyl (C=O) groups is 1. The summed E-state index contributed by atoms with van der Waals surface area (Å²) >= 11 is 9.24. The number of hydrogen-bond acceptors (Lipinski definition) is 2. The van der Waals surface area contributed by atoms with Crippen LogP contribution in [0.25, 0.3) is 0 Å². The Morgan fingerprint density at radius 2 is 2.05 bits per heavy atom. The van der Waals surface area contributed by atoms with Crippen LogP contribution in [-0.4, -0.2) is 23.2 Å². The van der Waals surface area contributed by atoms with Crippen molar-refractivity contribution in [3.05, 3.63) is 33.3 Å². The second kappa shape index (κ2) is 6.25. The van der Waals surface area contributed by atoms with Gasteiger partial charge in [0.05, 0.1) is 10.6 Å². The van der Waals surface area contributed by atoms with Crippen LogP contribution >= 0.6 is 27.5 Å². The van der Waals surface area contributed by atoms with E-state index in [1.165, 1.54) is 6.42 Å². The number of benzene rings is 1. The number of nitrogens with one attached hydrogen (secondary N) is 1. The zero-order chi connectivity index (χ0) is 13.9. The van der Waals surface area contributed by atoms with Crippen LogP contribution in [0.3, 0.4) is 0 Å². The van der Waals surface area contributed by atoms with E-state index in [0.717, 1.165) is 30.2 Å². The van der Waals surface area contributed by atoms with E-state index in [1.54, 1.807) is 18.2 Å². The molecule has 1 aliphatic rings. The van der Waals surface area contributed by atoms with E-state index in [2.05, 4.69) is 21.2 Å². The number of rotatable bonds is 3. The Balaban J connectivity index is 1.95. The van der Waals surface area contributed by atoms with Gasteiger partial charge in [0.25, 0.3) is 5.91 Å². The monoisotopic (exact) mass is 345 g/mol. The lowest BCUT2D eigenvalue weighted by Gasteiger charge is -2.32. The first-order chi connectivity index (χ1) is 9.00. The van der Waals surface area contributed by atoms with E-state index < -0.39 is 5.60 Å². The van der Waals surface area contributed by atoms with Gasteiger partial charge >= 0.3 is 0 Å². The molecule has 0 radical (unpaired) electrons. The zero-order valence-electron chi connectivity index (χ0n) is 10.6. The quantitative estimate of drug-likeness (QED) is 0.879. The average molecular weight is 347 g/mol. The molecule has 2 N–H and O–H groups in total. The van der Waals surface area contributed by atoms with E-state index in [9.17, 15) is 9.90 Å². The molecule has 1 amide bonds. The molecule has 0 heterocycles. The topological polar surface area (TPSA) is 49.3 Å². The van der Waals surface area contributed by atoms with Crippen LogP contribution in [0.2, 0.25) is 5.02 Å². The van der Waals surface area contributed by atoms with Gasteiger partial charge in [-0.15, -0.1) is 0 Å². The maximum Gasteiger partial charge on any atom is 0.251 e. The van der Waals surface area contributed by atoms with Gasteiger partial charge in [-0.2, -0.15) is 0 Å². The van der Waals surface area contributed by atoms with Crippen molar-refractivity contribution < 1.29 is 9.90 Å². The Labute approximate surface area is 126 Å². The Morgan fingerprint density at radius 3 is 2.68 bits per heavy atom. The summed E-state index contributed by atoms with van der Waals surface area (Å²) in [6, 6.07) is 5.06. The van der Waals surface area contributed by atoms with Crippen molar-refractivity contribution in [1.82, 2.24) is 5.32 Å². The summed E-state index contributed by atoms with van der Waals surface area (Å²) in [4.78, 5) is 12.0. The van der Waals surface area contributed by atoms with Crippen LogP contribution in [0.1, 0.15) is 42.5 Å². The van der Waals surface area contributed by atoms with Gasteiger partial charge in [0.1, 0.15) is 0 Å². The third-order valence-electron chi connectivity index (χ3n) is 3.54. The lowest BCUT2D eigenvalue weighted by molar-refractivity contribution is 0.00526. The second-order valence-electron chi connectivity index (χ2n) is 5.10. The van der Waals surface area contributed by atoms with Crippen molar-refractivity contribution in [2.24, 2.45) is 0 Å². The summed E-state index contributed by atoms with van der Waals surface area (Å²) in [6.07, 6.45) is 4.73. The van der Waals surface area contributed by atoms with Gasteiger partial charge in [-0.05, 0) is 47.0 Å². The Kier molecular flexibility index (Phi) is 4.87. The van der Waals surface area contributed by atoms with E-state index in [0.29, 0.717) is 17.1 Å². The number of halogens is 2. The first-order valence-corrected chi connectivity index (χ1v) is 7.63. The maximum absolute atomic E-state index is 12.0. The van der Waals surface area contributed by atoms with Crippen molar-refractivity contribution >= 4 is 33.4 Å². The molecule has 2 rings (SSSR count). The third-order valence-corrected chi connectivity index (χ3v) is 4.78. The predicted octanol–water partition coefficient (Wildman–Crippen LogP) is 3.53. The van der Waals surface area contributed by atoms with Crippen molar-refractivity contribution in [2.75, 3.05) is 6.54 Å². The highest BCUT2D eigenvalue weighted by molar-refractivity contribution is 9.10. The van der Waals surface area contributed by atoms with Gasteiger partial charge in [-0.25, -0.2) is 0 Å². The molecule has 0 spiro atoms. The summed E-state index contributed by atoms with van der Waals surface area (Å²) < 4.78 is 0.761. The fourth-order valence-corrected chi connectivity index (χ4v) is 2.80. The second-order valence-corrected chi connectivity index (χ2v) is 6.36. The molecule has 1 aromatic rings. The van der Waals surface area contributed by atoms with Gasteiger partial charge < -0.3 is 10.4 Å². The number of aliphatic hydroxyl groups is 1. The van der Waals surface area contributed by atoms with Crippen molar-refractivity contribution in [2.45, 2.75) is 37.7 Å². The molecule has 0 atom stereocenters. The molecule has 0 saturated heterocycles. The molecule has 104 valence electrons. The van der Waals surface area contributed by atoms with Gasteiger partial charge in [-0.3, -0.25) is 4.79 Å². The molecule has 1 fully saturated rings. The molecule has 1 aromatic carbocycles. The lowest BCUT2D eigenvalue weighted by Crippen LogP contribution is -2.44. The van der Waals surface area contributed by atoms with Gasteiger partial charge in [-0.1, -0.05) is 30.9 Å². The Morgan fingerprint density at radius 1 is 1.37 bits per heavy atom. The third kappa shape index (κ3) is 3.94. The van der Waals surface area contributed by atoms with Crippen molar-refractivity contribution in [1.29, 1.82) is 0 Å². The fourth-order valence-electron chi connectivity index (χ4n) is 2.37. The van der Waals surface area contributed by atoms with E-state index in [-0.39, 0.29) is 5.91 Å². The first-order valence-electron chi connectivity index (χ1n) is 6.46. The van der Waals surface area contributed by atoms with Gasteiger partial charge in [0, 0.05) is 16.6 Å². The molecular formula is C14H17BrClNO2. The minimum absolute atomic E-state index is 0.201. The highest BCUT2D eigenvalue weighted by Gasteiger charge is 2.29. The SMILES string of the molecule is O=C(NCC1(O)CCCCC1)c1ccc(Br)c(Cl)c1. The van der Waals surface area contributed by atoms with E-state index >= 15 is 0 Å². The fraction of sp³-hybridized carbons (Fsp3) is 0.500. The highest BCUT2D eigenvalue weighted by Crippen LogP contribution is 2.27. The first kappa shape index (κ1) is 14.8. The van der Waals surface area contributed by atoms with Gasteiger partial charge in [0.15, 0.2) is 0 Å². The normalized spacial score (nSPS) is 18.1. The minimum Gasteiger partial charge on any atom is -0.388 e. The number of carbonyl (C=O) groups excluding carboxylic acids is 1.